The molecule has 3 heteroatoms. The molecule has 1 aliphatic carbocycles. The second kappa shape index (κ2) is 3.66. The topological polar surface area (TPSA) is 40.5 Å². The molecule has 0 amide bonds. The van der Waals surface area contributed by atoms with Crippen molar-refractivity contribution in [1.82, 2.24) is 4.90 Å². The number of carboxylic acids is 1. The Balaban J connectivity index is 1.99. The van der Waals surface area contributed by atoms with Crippen LogP contribution in [0.1, 0.15) is 38.5 Å². The molecule has 3 nitrogen and oxygen atoms in total. The summed E-state index contributed by atoms with van der Waals surface area (Å²) < 4.78 is 0. The average molecular weight is 183 g/mol. The molecular weight excluding hydrogens is 166 g/mol. The van der Waals surface area contributed by atoms with Gasteiger partial charge in [-0.25, -0.2) is 0 Å². The number of hydrogen-bond acceptors (Lipinski definition) is 2. The van der Waals surface area contributed by atoms with Crippen LogP contribution < -0.4 is 0 Å². The van der Waals surface area contributed by atoms with Crippen molar-refractivity contribution < 1.29 is 9.90 Å². The van der Waals surface area contributed by atoms with E-state index in [0.29, 0.717) is 6.04 Å². The van der Waals surface area contributed by atoms with Gasteiger partial charge in [-0.05, 0) is 32.2 Å². The Morgan fingerprint density at radius 1 is 1.15 bits per heavy atom. The maximum atomic E-state index is 11.0. The number of hydrogen-bond donors (Lipinski definition) is 1. The van der Waals surface area contributed by atoms with E-state index in [1.54, 1.807) is 0 Å². The van der Waals surface area contributed by atoms with E-state index in [1.807, 2.05) is 0 Å². The Kier molecular flexibility index (Phi) is 2.54. The first-order valence-electron chi connectivity index (χ1n) is 5.27. The standard InChI is InChI=1S/C10H17NO2/c12-10(13)9-6-1-2-7-11(9)8-4-3-5-8/h8-9H,1-7H2,(H,12,13). The monoisotopic (exact) mass is 183 g/mol. The van der Waals surface area contributed by atoms with Gasteiger partial charge in [0.1, 0.15) is 6.04 Å². The average Bonchev–Trinajstić information content (AvgIpc) is 2.02. The first-order valence-corrected chi connectivity index (χ1v) is 5.27. The number of carbonyl (C=O) groups is 1. The van der Waals surface area contributed by atoms with Gasteiger partial charge in [-0.2, -0.15) is 0 Å². The summed E-state index contributed by atoms with van der Waals surface area (Å²) in [5.41, 5.74) is 0. The molecule has 1 N–H and O–H groups in total. The van der Waals surface area contributed by atoms with Gasteiger partial charge >= 0.3 is 5.97 Å². The third-order valence-electron chi connectivity index (χ3n) is 3.37. The third kappa shape index (κ3) is 1.70. The lowest BCUT2D eigenvalue weighted by molar-refractivity contribution is -0.146. The van der Waals surface area contributed by atoms with Gasteiger partial charge in [0.25, 0.3) is 0 Å². The minimum absolute atomic E-state index is 0.181. The SMILES string of the molecule is O=C(O)C1CCCCN1C1CCC1. The van der Waals surface area contributed by atoms with E-state index >= 15 is 0 Å². The van der Waals surface area contributed by atoms with Crippen LogP contribution in [0.25, 0.3) is 0 Å². The van der Waals surface area contributed by atoms with E-state index in [0.717, 1.165) is 19.4 Å². The number of likely N-dealkylation sites (tertiary alicyclic amines) is 1. The lowest BCUT2D eigenvalue weighted by Crippen LogP contribution is -2.52. The molecule has 0 bridgehead atoms. The van der Waals surface area contributed by atoms with Crippen molar-refractivity contribution in [3.63, 3.8) is 0 Å². The van der Waals surface area contributed by atoms with Gasteiger partial charge in [0, 0.05) is 6.04 Å². The molecule has 1 heterocycles. The minimum atomic E-state index is -0.619. The van der Waals surface area contributed by atoms with E-state index in [2.05, 4.69) is 4.90 Å². The van der Waals surface area contributed by atoms with Crippen molar-refractivity contribution in [3.8, 4) is 0 Å². The van der Waals surface area contributed by atoms with Gasteiger partial charge in [-0.1, -0.05) is 12.8 Å². The predicted octanol–water partition coefficient (Wildman–Crippen LogP) is 1.48. The lowest BCUT2D eigenvalue weighted by atomic mass is 9.87. The van der Waals surface area contributed by atoms with Gasteiger partial charge in [-0.3, -0.25) is 9.69 Å². The van der Waals surface area contributed by atoms with E-state index in [-0.39, 0.29) is 6.04 Å². The van der Waals surface area contributed by atoms with Gasteiger partial charge in [0.2, 0.25) is 0 Å². The smallest absolute Gasteiger partial charge is 0.320 e. The maximum Gasteiger partial charge on any atom is 0.320 e. The lowest BCUT2D eigenvalue weighted by Gasteiger charge is -2.43. The molecule has 1 unspecified atom stereocenters. The van der Waals surface area contributed by atoms with E-state index < -0.39 is 5.97 Å². The molecule has 0 aromatic carbocycles. The van der Waals surface area contributed by atoms with Crippen molar-refractivity contribution in [1.29, 1.82) is 0 Å². The summed E-state index contributed by atoms with van der Waals surface area (Å²) in [6.07, 6.45) is 6.83. The molecule has 0 spiro atoms. The molecule has 13 heavy (non-hydrogen) atoms. The van der Waals surface area contributed by atoms with Gasteiger partial charge in [0.15, 0.2) is 0 Å². The zero-order valence-electron chi connectivity index (χ0n) is 7.91. The first-order chi connectivity index (χ1) is 6.29. The highest BCUT2D eigenvalue weighted by molar-refractivity contribution is 5.73. The number of carboxylic acid groups (broad SMARTS) is 1. The summed E-state index contributed by atoms with van der Waals surface area (Å²) >= 11 is 0. The number of rotatable bonds is 2. The summed E-state index contributed by atoms with van der Waals surface area (Å²) in [7, 11) is 0. The fraction of sp³-hybridized carbons (Fsp3) is 0.900. The van der Waals surface area contributed by atoms with Crippen LogP contribution in [0, 0.1) is 0 Å². The predicted molar refractivity (Wildman–Crippen MR) is 49.6 cm³/mol. The van der Waals surface area contributed by atoms with Crippen LogP contribution in [0.3, 0.4) is 0 Å². The first kappa shape index (κ1) is 9.00. The second-order valence-corrected chi connectivity index (χ2v) is 4.17. The van der Waals surface area contributed by atoms with Crippen molar-refractivity contribution in [2.45, 2.75) is 50.6 Å². The van der Waals surface area contributed by atoms with Crippen LogP contribution in [-0.2, 0) is 4.79 Å². The van der Waals surface area contributed by atoms with E-state index in [4.69, 9.17) is 5.11 Å². The number of nitrogens with zero attached hydrogens (tertiary/aromatic N) is 1. The summed E-state index contributed by atoms with van der Waals surface area (Å²) in [6, 6.07) is 0.403. The molecule has 1 aliphatic heterocycles. The summed E-state index contributed by atoms with van der Waals surface area (Å²) in [5, 5.41) is 9.04. The molecule has 2 aliphatic rings. The van der Waals surface area contributed by atoms with Crippen molar-refractivity contribution >= 4 is 5.97 Å². The zero-order valence-corrected chi connectivity index (χ0v) is 7.91. The van der Waals surface area contributed by atoms with Crippen molar-refractivity contribution in [3.05, 3.63) is 0 Å². The van der Waals surface area contributed by atoms with Crippen LogP contribution in [0.5, 0.6) is 0 Å². The normalized spacial score (nSPS) is 31.2. The Bertz CT molecular complexity index is 201. The Morgan fingerprint density at radius 3 is 2.46 bits per heavy atom. The largest absolute Gasteiger partial charge is 0.480 e. The van der Waals surface area contributed by atoms with Gasteiger partial charge in [0.05, 0.1) is 0 Å². The highest BCUT2D eigenvalue weighted by Crippen LogP contribution is 2.30. The van der Waals surface area contributed by atoms with Gasteiger partial charge < -0.3 is 5.11 Å². The van der Waals surface area contributed by atoms with Crippen LogP contribution >= 0.6 is 0 Å². The van der Waals surface area contributed by atoms with E-state index in [9.17, 15) is 4.79 Å². The Hall–Kier alpha value is -0.570. The fourth-order valence-corrected chi connectivity index (χ4v) is 2.37. The molecule has 0 aromatic heterocycles. The molecule has 1 saturated carbocycles. The Labute approximate surface area is 78.7 Å². The second-order valence-electron chi connectivity index (χ2n) is 4.17. The van der Waals surface area contributed by atoms with Crippen LogP contribution in [0.4, 0.5) is 0 Å². The molecule has 2 rings (SSSR count). The zero-order chi connectivity index (χ0) is 9.26. The number of piperidine rings is 1. The quantitative estimate of drug-likeness (QED) is 0.705. The van der Waals surface area contributed by atoms with E-state index in [1.165, 1.54) is 25.7 Å². The van der Waals surface area contributed by atoms with Crippen LogP contribution in [-0.4, -0.2) is 34.6 Å². The van der Waals surface area contributed by atoms with Crippen LogP contribution in [0.15, 0.2) is 0 Å². The molecule has 2 fully saturated rings. The number of aliphatic carboxylic acids is 1. The Morgan fingerprint density at radius 2 is 1.92 bits per heavy atom. The summed E-state index contributed by atoms with van der Waals surface area (Å²) in [4.78, 5) is 13.2. The molecule has 1 atom stereocenters. The molecule has 0 aromatic rings. The highest BCUT2D eigenvalue weighted by Gasteiger charge is 2.35. The summed E-state index contributed by atoms with van der Waals surface area (Å²) in [6.45, 7) is 1.00. The van der Waals surface area contributed by atoms with Crippen LogP contribution in [0.2, 0.25) is 0 Å². The highest BCUT2D eigenvalue weighted by atomic mass is 16.4. The summed E-state index contributed by atoms with van der Waals surface area (Å²) in [5.74, 6) is -0.619. The fourth-order valence-electron chi connectivity index (χ4n) is 2.37. The van der Waals surface area contributed by atoms with Crippen molar-refractivity contribution in [2.24, 2.45) is 0 Å². The maximum absolute atomic E-state index is 11.0. The minimum Gasteiger partial charge on any atom is -0.480 e. The molecular formula is C10H17NO2. The third-order valence-corrected chi connectivity index (χ3v) is 3.37. The molecule has 74 valence electrons. The van der Waals surface area contributed by atoms with Crippen molar-refractivity contribution in [2.75, 3.05) is 6.54 Å². The molecule has 1 saturated heterocycles. The molecule has 0 radical (unpaired) electrons. The van der Waals surface area contributed by atoms with Gasteiger partial charge in [-0.15, -0.1) is 0 Å².